The van der Waals surface area contributed by atoms with E-state index in [-0.39, 0.29) is 5.91 Å². The number of hydrogen-bond donors (Lipinski definition) is 3. The monoisotopic (exact) mass is 745 g/mol. The van der Waals surface area contributed by atoms with Crippen molar-refractivity contribution < 1.29 is 50.9 Å². The molecule has 1 amide bonds. The number of fused-ring (bicyclic) bond motifs is 1. The maximum Gasteiger partial charge on any atom is 0.490 e. The number of alkyl halides is 6. The van der Waals surface area contributed by atoms with Gasteiger partial charge in [0.1, 0.15) is 17.9 Å². The minimum atomic E-state index is -5.08. The summed E-state index contributed by atoms with van der Waals surface area (Å²) in [6.07, 6.45) is -1.11. The van der Waals surface area contributed by atoms with E-state index in [4.69, 9.17) is 30.5 Å². The van der Waals surface area contributed by atoms with Gasteiger partial charge in [0.05, 0.1) is 23.5 Å². The lowest BCUT2D eigenvalue weighted by Gasteiger charge is -2.36. The van der Waals surface area contributed by atoms with Gasteiger partial charge in [0.25, 0.3) is 0 Å². The molecule has 1 saturated heterocycles. The number of amides is 1. The van der Waals surface area contributed by atoms with Crippen LogP contribution >= 0.6 is 0 Å². The van der Waals surface area contributed by atoms with Crippen LogP contribution in [0.1, 0.15) is 17.2 Å². The molecular formula is C33H29F6N9O5. The Morgan fingerprint density at radius 1 is 0.830 bits per heavy atom. The number of carbonyl (C=O) groups excluding carboxylic acids is 1. The Labute approximate surface area is 295 Å². The number of carboxylic acids is 2. The van der Waals surface area contributed by atoms with Crippen molar-refractivity contribution >= 4 is 29.2 Å². The Bertz CT molecular complexity index is 2080. The molecule has 14 nitrogen and oxygen atoms in total. The SMILES string of the molecule is Cn1cc(-c2cc(-c3ccc(N4CCN(C(=O)[C@H](N)c5ccccc5)CC4)nc3)c3c(C#N)cnn3c2)cn1.O=C(O)C(F)(F)F.O=C(O)C(F)(F)F. The molecule has 4 N–H and O–H groups in total. The second-order valence-corrected chi connectivity index (χ2v) is 11.2. The Kier molecular flexibility index (Phi) is 12.0. The summed E-state index contributed by atoms with van der Waals surface area (Å²) in [6, 6.07) is 17.1. The first kappa shape index (κ1) is 39.3. The van der Waals surface area contributed by atoms with Crippen molar-refractivity contribution in [3.05, 3.63) is 90.6 Å². The zero-order chi connectivity index (χ0) is 39.1. The molecule has 4 aromatic heterocycles. The fraction of sp³-hybridized carbons (Fsp3) is 0.242. The number of nitrogens with two attached hydrogens (primary N) is 1. The zero-order valence-corrected chi connectivity index (χ0v) is 27.5. The number of aromatic nitrogens is 5. The van der Waals surface area contributed by atoms with E-state index in [1.807, 2.05) is 79.1 Å². The number of carbonyl (C=O) groups is 3. The highest BCUT2D eigenvalue weighted by Gasteiger charge is 2.39. The number of aryl methyl sites for hydroxylation is 1. The van der Waals surface area contributed by atoms with E-state index < -0.39 is 30.3 Å². The average molecular weight is 746 g/mol. The summed E-state index contributed by atoms with van der Waals surface area (Å²) in [7, 11) is 1.88. The molecule has 53 heavy (non-hydrogen) atoms. The van der Waals surface area contributed by atoms with Crippen molar-refractivity contribution in [2.45, 2.75) is 18.4 Å². The van der Waals surface area contributed by atoms with Crippen LogP contribution in [0, 0.1) is 11.3 Å². The normalized spacial score (nSPS) is 13.6. The van der Waals surface area contributed by atoms with Gasteiger partial charge in [0.15, 0.2) is 0 Å². The molecular weight excluding hydrogens is 716 g/mol. The molecule has 0 radical (unpaired) electrons. The van der Waals surface area contributed by atoms with Crippen LogP contribution in [-0.2, 0) is 21.4 Å². The summed E-state index contributed by atoms with van der Waals surface area (Å²) >= 11 is 0. The minimum Gasteiger partial charge on any atom is -0.475 e. The van der Waals surface area contributed by atoms with E-state index in [9.17, 15) is 36.4 Å². The van der Waals surface area contributed by atoms with Gasteiger partial charge in [-0.15, -0.1) is 0 Å². The van der Waals surface area contributed by atoms with Crippen LogP contribution in [0.3, 0.4) is 0 Å². The first-order chi connectivity index (χ1) is 24.9. The standard InChI is InChI=1S/C29H27N9O.2C2HF3O2/c1-35-18-24(17-33-35)22-13-25(28-23(14-30)16-34-38(28)19-22)21-7-8-26(32-15-21)36-9-11-37(12-10-36)29(39)27(31)20-5-3-2-4-6-20;2*3-2(4,5)1(6)7/h2-8,13,15-19,27H,9-12,31H2,1H3;2*(H,6,7)/t27-;;/m1../s1. The maximum atomic E-state index is 12.9. The number of halogens is 6. The molecule has 0 aliphatic carbocycles. The molecule has 6 rings (SSSR count). The summed E-state index contributed by atoms with van der Waals surface area (Å²) < 4.78 is 67.0. The van der Waals surface area contributed by atoms with Gasteiger partial charge >= 0.3 is 24.3 Å². The molecule has 0 spiro atoms. The first-order valence-corrected chi connectivity index (χ1v) is 15.2. The lowest BCUT2D eigenvalue weighted by atomic mass is 10.0. The van der Waals surface area contributed by atoms with E-state index in [0.717, 1.165) is 39.2 Å². The van der Waals surface area contributed by atoms with Crippen LogP contribution in [0.4, 0.5) is 32.2 Å². The molecule has 278 valence electrons. The van der Waals surface area contributed by atoms with Gasteiger partial charge in [-0.1, -0.05) is 30.3 Å². The Morgan fingerprint density at radius 2 is 1.43 bits per heavy atom. The van der Waals surface area contributed by atoms with Crippen molar-refractivity contribution in [2.75, 3.05) is 31.1 Å². The molecule has 20 heteroatoms. The van der Waals surface area contributed by atoms with Gasteiger partial charge in [-0.3, -0.25) is 9.48 Å². The lowest BCUT2D eigenvalue weighted by Crippen LogP contribution is -2.51. The van der Waals surface area contributed by atoms with Crippen LogP contribution < -0.4 is 10.6 Å². The number of aliphatic carboxylic acids is 2. The number of rotatable bonds is 5. The molecule has 5 heterocycles. The molecule has 1 atom stereocenters. The van der Waals surface area contributed by atoms with Gasteiger partial charge in [-0.25, -0.2) is 19.1 Å². The topological polar surface area (TPSA) is 196 Å². The number of hydrogen-bond acceptors (Lipinski definition) is 9. The van der Waals surface area contributed by atoms with Crippen LogP contribution in [0.15, 0.2) is 79.5 Å². The average Bonchev–Trinajstić information content (AvgIpc) is 3.77. The van der Waals surface area contributed by atoms with E-state index in [1.165, 1.54) is 0 Å². The zero-order valence-electron chi connectivity index (χ0n) is 27.5. The van der Waals surface area contributed by atoms with Gasteiger partial charge in [-0.2, -0.15) is 41.8 Å². The predicted octanol–water partition coefficient (Wildman–Crippen LogP) is 4.28. The predicted molar refractivity (Wildman–Crippen MR) is 175 cm³/mol. The highest BCUT2D eigenvalue weighted by molar-refractivity contribution is 5.87. The number of anilines is 1. The first-order valence-electron chi connectivity index (χ1n) is 15.2. The summed E-state index contributed by atoms with van der Waals surface area (Å²) in [5.41, 5.74) is 12.0. The maximum absolute atomic E-state index is 12.9. The number of piperazine rings is 1. The third-order valence-electron chi connectivity index (χ3n) is 7.65. The molecule has 5 aromatic rings. The molecule has 1 fully saturated rings. The fourth-order valence-electron chi connectivity index (χ4n) is 5.04. The smallest absolute Gasteiger partial charge is 0.475 e. The summed E-state index contributed by atoms with van der Waals surface area (Å²) in [5, 5.41) is 32.6. The van der Waals surface area contributed by atoms with Crippen molar-refractivity contribution in [2.24, 2.45) is 12.8 Å². The van der Waals surface area contributed by atoms with Crippen LogP contribution in [0.5, 0.6) is 0 Å². The van der Waals surface area contributed by atoms with E-state index in [0.29, 0.717) is 31.7 Å². The highest BCUT2D eigenvalue weighted by atomic mass is 19.4. The Hall–Kier alpha value is -6.49. The number of benzene rings is 1. The van der Waals surface area contributed by atoms with Crippen molar-refractivity contribution in [1.29, 1.82) is 5.26 Å². The third kappa shape index (κ3) is 9.85. The Balaban J connectivity index is 0.000000381. The van der Waals surface area contributed by atoms with Crippen LogP contribution in [0.25, 0.3) is 27.8 Å². The second-order valence-electron chi connectivity index (χ2n) is 11.2. The van der Waals surface area contributed by atoms with Gasteiger partial charge in [-0.05, 0) is 23.8 Å². The molecule has 0 saturated carbocycles. The van der Waals surface area contributed by atoms with E-state index in [2.05, 4.69) is 21.2 Å². The van der Waals surface area contributed by atoms with Gasteiger partial charge in [0, 0.05) is 74.1 Å². The molecule has 1 aliphatic rings. The minimum absolute atomic E-state index is 0.0595. The third-order valence-corrected chi connectivity index (χ3v) is 7.65. The number of nitriles is 1. The highest BCUT2D eigenvalue weighted by Crippen LogP contribution is 2.32. The summed E-state index contributed by atoms with van der Waals surface area (Å²) in [5.74, 6) is -4.73. The van der Waals surface area contributed by atoms with Crippen molar-refractivity contribution in [1.82, 2.24) is 29.3 Å². The van der Waals surface area contributed by atoms with Crippen molar-refractivity contribution in [3.8, 4) is 28.3 Å². The molecule has 1 aliphatic heterocycles. The largest absolute Gasteiger partial charge is 0.490 e. The number of pyridine rings is 2. The van der Waals surface area contributed by atoms with E-state index >= 15 is 0 Å². The molecule has 0 bridgehead atoms. The quantitative estimate of drug-likeness (QED) is 0.217. The number of nitrogens with zero attached hydrogens (tertiary/aromatic N) is 8. The van der Waals surface area contributed by atoms with Crippen molar-refractivity contribution in [3.63, 3.8) is 0 Å². The number of carboxylic acid groups (broad SMARTS) is 2. The van der Waals surface area contributed by atoms with Gasteiger partial charge in [0.2, 0.25) is 5.91 Å². The Morgan fingerprint density at radius 3 is 1.92 bits per heavy atom. The van der Waals surface area contributed by atoms with Crippen LogP contribution in [-0.4, -0.2) is 95.9 Å². The molecule has 0 unspecified atom stereocenters. The fourth-order valence-corrected chi connectivity index (χ4v) is 5.04. The van der Waals surface area contributed by atoms with Gasteiger partial charge < -0.3 is 25.7 Å². The lowest BCUT2D eigenvalue weighted by molar-refractivity contribution is -0.193. The second kappa shape index (κ2) is 16.2. The van der Waals surface area contributed by atoms with E-state index in [1.54, 1.807) is 21.6 Å². The molecule has 1 aromatic carbocycles. The summed E-state index contributed by atoms with van der Waals surface area (Å²) in [6.45, 7) is 2.50. The van der Waals surface area contributed by atoms with Crippen LogP contribution in [0.2, 0.25) is 0 Å². The summed E-state index contributed by atoms with van der Waals surface area (Å²) in [4.78, 5) is 39.5.